The highest BCUT2D eigenvalue weighted by Crippen LogP contribution is 2.20. The van der Waals surface area contributed by atoms with Crippen LogP contribution in [0.4, 0.5) is 5.69 Å². The Hall–Kier alpha value is -1.14. The third-order valence-corrected chi connectivity index (χ3v) is 3.03. The minimum absolute atomic E-state index is 0.00504. The molecule has 0 aromatic carbocycles. The van der Waals surface area contributed by atoms with Crippen molar-refractivity contribution < 1.29 is 10.0 Å². The Morgan fingerprint density at radius 2 is 2.40 bits per heavy atom. The maximum absolute atomic E-state index is 10.4. The predicted octanol–water partition coefficient (Wildman–Crippen LogP) is 1.71. The molecule has 1 heterocycles. The van der Waals surface area contributed by atoms with Gasteiger partial charge in [-0.25, -0.2) is 4.98 Å². The fourth-order valence-electron chi connectivity index (χ4n) is 0.846. The zero-order valence-corrected chi connectivity index (χ0v) is 9.11. The fourth-order valence-corrected chi connectivity index (χ4v) is 1.70. The van der Waals surface area contributed by atoms with Gasteiger partial charge in [0.2, 0.25) is 0 Å². The molecule has 1 rings (SSSR count). The summed E-state index contributed by atoms with van der Waals surface area (Å²) in [7, 11) is 0. The molecule has 0 bridgehead atoms. The summed E-state index contributed by atoms with van der Waals surface area (Å²) in [4.78, 5) is 13.8. The molecule has 0 saturated carbocycles. The summed E-state index contributed by atoms with van der Waals surface area (Å²) in [5, 5.41) is 19.9. The number of thioether (sulfide) groups is 1. The number of aliphatic hydroxyl groups is 1. The van der Waals surface area contributed by atoms with Crippen molar-refractivity contribution in [2.24, 2.45) is 5.92 Å². The molecule has 1 N–H and O–H groups in total. The number of hydrogen-bond donors (Lipinski definition) is 1. The molecule has 5 nitrogen and oxygen atoms in total. The van der Waals surface area contributed by atoms with Gasteiger partial charge in [-0.2, -0.15) is 0 Å². The van der Waals surface area contributed by atoms with E-state index in [1.54, 1.807) is 6.07 Å². The Morgan fingerprint density at radius 1 is 1.67 bits per heavy atom. The molecule has 0 spiro atoms. The first kappa shape index (κ1) is 11.9. The van der Waals surface area contributed by atoms with Gasteiger partial charge < -0.3 is 5.11 Å². The molecule has 15 heavy (non-hydrogen) atoms. The van der Waals surface area contributed by atoms with Crippen molar-refractivity contribution in [1.29, 1.82) is 0 Å². The van der Waals surface area contributed by atoms with Gasteiger partial charge in [0, 0.05) is 18.4 Å². The number of aromatic nitrogens is 1. The first-order chi connectivity index (χ1) is 7.13. The van der Waals surface area contributed by atoms with Crippen molar-refractivity contribution in [3.05, 3.63) is 28.4 Å². The molecule has 0 aliphatic heterocycles. The van der Waals surface area contributed by atoms with Crippen molar-refractivity contribution >= 4 is 17.4 Å². The van der Waals surface area contributed by atoms with Crippen LogP contribution in [0.25, 0.3) is 0 Å². The average molecular weight is 228 g/mol. The van der Waals surface area contributed by atoms with Crippen molar-refractivity contribution in [3.63, 3.8) is 0 Å². The highest BCUT2D eigenvalue weighted by molar-refractivity contribution is 7.99. The fraction of sp³-hybridized carbons (Fsp3) is 0.444. The number of rotatable bonds is 5. The smallest absolute Gasteiger partial charge is 0.287 e. The topological polar surface area (TPSA) is 76.3 Å². The summed E-state index contributed by atoms with van der Waals surface area (Å²) in [5.74, 6) is 0.952. The number of aliphatic hydroxyl groups excluding tert-OH is 1. The monoisotopic (exact) mass is 228 g/mol. The quantitative estimate of drug-likeness (QED) is 0.471. The van der Waals surface area contributed by atoms with E-state index in [2.05, 4.69) is 4.98 Å². The molecular weight excluding hydrogens is 216 g/mol. The minimum Gasteiger partial charge on any atom is -0.396 e. The van der Waals surface area contributed by atoms with Gasteiger partial charge in [0.25, 0.3) is 5.69 Å². The van der Waals surface area contributed by atoms with Crippen LogP contribution in [-0.2, 0) is 0 Å². The molecule has 0 amide bonds. The zero-order valence-electron chi connectivity index (χ0n) is 8.29. The highest BCUT2D eigenvalue weighted by atomic mass is 32.2. The van der Waals surface area contributed by atoms with Crippen LogP contribution in [-0.4, -0.2) is 27.4 Å². The van der Waals surface area contributed by atoms with Crippen LogP contribution in [0.3, 0.4) is 0 Å². The summed E-state index contributed by atoms with van der Waals surface area (Å²) in [6.07, 6.45) is 1.24. The number of nitrogens with zero attached hydrogens (tertiary/aromatic N) is 2. The van der Waals surface area contributed by atoms with Crippen molar-refractivity contribution in [1.82, 2.24) is 4.98 Å². The lowest BCUT2D eigenvalue weighted by atomic mass is 10.2. The molecule has 1 aromatic rings. The van der Waals surface area contributed by atoms with E-state index in [1.165, 1.54) is 24.0 Å². The normalized spacial score (nSPS) is 12.4. The zero-order chi connectivity index (χ0) is 11.3. The van der Waals surface area contributed by atoms with E-state index in [4.69, 9.17) is 5.11 Å². The summed E-state index contributed by atoms with van der Waals surface area (Å²) >= 11 is 1.48. The van der Waals surface area contributed by atoms with Gasteiger partial charge in [-0.05, 0) is 12.0 Å². The van der Waals surface area contributed by atoms with Crippen molar-refractivity contribution in [3.8, 4) is 0 Å². The maximum atomic E-state index is 10.4. The van der Waals surface area contributed by atoms with Gasteiger partial charge in [-0.1, -0.05) is 6.92 Å². The van der Waals surface area contributed by atoms with Crippen LogP contribution in [0.15, 0.2) is 23.4 Å². The number of nitro groups is 1. The molecular formula is C9H12N2O3S. The van der Waals surface area contributed by atoms with Gasteiger partial charge >= 0.3 is 0 Å². The van der Waals surface area contributed by atoms with E-state index in [0.717, 1.165) is 10.8 Å². The molecule has 0 fully saturated rings. The molecule has 0 radical (unpaired) electrons. The Morgan fingerprint density at radius 3 is 2.87 bits per heavy atom. The highest BCUT2D eigenvalue weighted by Gasteiger charge is 2.06. The van der Waals surface area contributed by atoms with Gasteiger partial charge in [0.15, 0.2) is 0 Å². The van der Waals surface area contributed by atoms with Crippen LogP contribution >= 0.6 is 11.8 Å². The summed E-state index contributed by atoms with van der Waals surface area (Å²) in [5.41, 5.74) is -0.00504. The third kappa shape index (κ3) is 3.85. The number of hydrogen-bond acceptors (Lipinski definition) is 5. The van der Waals surface area contributed by atoms with Crippen LogP contribution in [0.2, 0.25) is 0 Å². The van der Waals surface area contributed by atoms with Crippen LogP contribution in [0.1, 0.15) is 6.92 Å². The first-order valence-corrected chi connectivity index (χ1v) is 5.46. The molecule has 1 atom stereocenters. The van der Waals surface area contributed by atoms with Gasteiger partial charge in [0.05, 0.1) is 9.95 Å². The standard InChI is InChI=1S/C9H12N2O3S/c1-7(5-12)6-15-9-3-2-8(4-10-9)11(13)14/h2-4,7,12H,5-6H2,1H3/t7-/m0/s1. The first-order valence-electron chi connectivity index (χ1n) is 4.47. The molecule has 82 valence electrons. The molecule has 6 heteroatoms. The van der Waals surface area contributed by atoms with E-state index < -0.39 is 4.92 Å². The Balaban J connectivity index is 2.53. The molecule has 0 aliphatic carbocycles. The van der Waals surface area contributed by atoms with Crippen molar-refractivity contribution in [2.45, 2.75) is 11.9 Å². The summed E-state index contributed by atoms with van der Waals surface area (Å²) in [6, 6.07) is 3.05. The minimum atomic E-state index is -0.474. The van der Waals surface area contributed by atoms with Gasteiger partial charge in [-0.3, -0.25) is 10.1 Å². The van der Waals surface area contributed by atoms with E-state index >= 15 is 0 Å². The molecule has 0 unspecified atom stereocenters. The Kier molecular flexibility index (Phi) is 4.51. The lowest BCUT2D eigenvalue weighted by Crippen LogP contribution is -2.03. The molecule has 0 aliphatic rings. The summed E-state index contributed by atoms with van der Waals surface area (Å²) < 4.78 is 0. The second-order valence-corrected chi connectivity index (χ2v) is 4.25. The lowest BCUT2D eigenvalue weighted by molar-refractivity contribution is -0.385. The van der Waals surface area contributed by atoms with E-state index in [-0.39, 0.29) is 18.2 Å². The summed E-state index contributed by atoms with van der Waals surface area (Å²) in [6.45, 7) is 2.07. The predicted molar refractivity (Wildman–Crippen MR) is 57.9 cm³/mol. The van der Waals surface area contributed by atoms with Crippen LogP contribution in [0.5, 0.6) is 0 Å². The Labute approximate surface area is 91.7 Å². The van der Waals surface area contributed by atoms with Gasteiger partial charge in [-0.15, -0.1) is 11.8 Å². The third-order valence-electron chi connectivity index (χ3n) is 1.76. The van der Waals surface area contributed by atoms with E-state index in [1.807, 2.05) is 6.92 Å². The van der Waals surface area contributed by atoms with Gasteiger partial charge in [0.1, 0.15) is 6.20 Å². The maximum Gasteiger partial charge on any atom is 0.287 e. The van der Waals surface area contributed by atoms with Crippen LogP contribution in [0, 0.1) is 16.0 Å². The second kappa shape index (κ2) is 5.67. The number of pyridine rings is 1. The average Bonchev–Trinajstić information content (AvgIpc) is 2.26. The Bertz CT molecular complexity index is 329. The largest absolute Gasteiger partial charge is 0.396 e. The molecule has 0 saturated heterocycles. The van der Waals surface area contributed by atoms with Crippen LogP contribution < -0.4 is 0 Å². The second-order valence-electron chi connectivity index (χ2n) is 3.21. The van der Waals surface area contributed by atoms with E-state index in [0.29, 0.717) is 0 Å². The molecule has 1 aromatic heterocycles. The lowest BCUT2D eigenvalue weighted by Gasteiger charge is -2.05. The van der Waals surface area contributed by atoms with E-state index in [9.17, 15) is 10.1 Å². The van der Waals surface area contributed by atoms with Crippen molar-refractivity contribution in [2.75, 3.05) is 12.4 Å². The SMILES string of the molecule is C[C@@H](CO)CSc1ccc([N+](=O)[O-])cn1.